The molecule has 2 saturated heterocycles. The minimum Gasteiger partial charge on any atom is -0.463 e. The Morgan fingerprint density at radius 2 is 1.48 bits per heavy atom. The van der Waals surface area contributed by atoms with Gasteiger partial charge in [-0.2, -0.15) is 11.8 Å². The van der Waals surface area contributed by atoms with Crippen LogP contribution >= 0.6 is 24.0 Å². The second-order valence-corrected chi connectivity index (χ2v) is 13.9. The highest BCUT2D eigenvalue weighted by Crippen LogP contribution is 2.39. The van der Waals surface area contributed by atoms with E-state index in [2.05, 4.69) is 5.32 Å². The first kappa shape index (κ1) is 41.1. The fourth-order valence-electron chi connectivity index (χ4n) is 5.94. The second-order valence-electron chi connectivity index (χ2n) is 12.3. The van der Waals surface area contributed by atoms with Crippen molar-refractivity contribution in [2.75, 3.05) is 30.0 Å². The number of thiocarbonyl (C=S) groups is 1. The molecular formula is C36H45NO13S2. The van der Waals surface area contributed by atoms with E-state index in [0.29, 0.717) is 29.2 Å². The lowest BCUT2D eigenvalue weighted by atomic mass is 9.92. The first-order valence-corrected chi connectivity index (χ1v) is 18.3. The third-order valence-corrected chi connectivity index (χ3v) is 9.42. The van der Waals surface area contributed by atoms with Crippen molar-refractivity contribution in [3.8, 4) is 0 Å². The van der Waals surface area contributed by atoms with Crippen molar-refractivity contribution in [2.45, 2.75) is 96.2 Å². The molecule has 2 aromatic carbocycles. The van der Waals surface area contributed by atoms with Crippen molar-refractivity contribution in [3.63, 3.8) is 0 Å². The summed E-state index contributed by atoms with van der Waals surface area (Å²) in [5.74, 6) is -1.53. The number of thioether (sulfide) groups is 1. The quantitative estimate of drug-likeness (QED) is 0.103. The number of carbonyl (C=O) groups excluding carboxylic acids is 4. The largest absolute Gasteiger partial charge is 0.463 e. The molecule has 284 valence electrons. The van der Waals surface area contributed by atoms with Gasteiger partial charge < -0.3 is 48.7 Å². The van der Waals surface area contributed by atoms with Crippen LogP contribution in [0, 0.1) is 0 Å². The van der Waals surface area contributed by atoms with Crippen LogP contribution in [0.4, 0.5) is 5.69 Å². The SMILES string of the molecule is CC(=O)OC[C@H]1O[C@@H](CC(=S)Nc2cccc(C3O[C@H](CSCCO)C[C@H](c4ccc(CO)cc4)O3)c2)[C@H](OC(C)=O)[C@@H](OC(C)=O)[C@@H]1OC(C)=O. The van der Waals surface area contributed by atoms with Gasteiger partial charge in [0.05, 0.1) is 30.4 Å². The Bertz CT molecular complexity index is 1540. The molecule has 52 heavy (non-hydrogen) atoms. The molecule has 0 radical (unpaired) electrons. The minimum atomic E-state index is -1.30. The third-order valence-electron chi connectivity index (χ3n) is 8.07. The van der Waals surface area contributed by atoms with Crippen molar-refractivity contribution in [2.24, 2.45) is 0 Å². The average Bonchev–Trinajstić information content (AvgIpc) is 3.09. The highest BCUT2D eigenvalue weighted by molar-refractivity contribution is 7.99. The smallest absolute Gasteiger partial charge is 0.303 e. The zero-order chi connectivity index (χ0) is 37.8. The van der Waals surface area contributed by atoms with Gasteiger partial charge in [0.1, 0.15) is 18.8 Å². The van der Waals surface area contributed by atoms with Gasteiger partial charge in [0.15, 0.2) is 24.6 Å². The van der Waals surface area contributed by atoms with Gasteiger partial charge in [-0.15, -0.1) is 0 Å². The van der Waals surface area contributed by atoms with Gasteiger partial charge >= 0.3 is 23.9 Å². The van der Waals surface area contributed by atoms with E-state index < -0.39 is 60.7 Å². The number of benzene rings is 2. The molecule has 0 spiro atoms. The zero-order valence-electron chi connectivity index (χ0n) is 29.4. The number of hydrogen-bond donors (Lipinski definition) is 3. The molecular weight excluding hydrogens is 719 g/mol. The molecule has 0 bridgehead atoms. The van der Waals surface area contributed by atoms with Crippen LogP contribution in [0.1, 0.15) is 69.6 Å². The molecule has 2 fully saturated rings. The molecule has 8 atom stereocenters. The van der Waals surface area contributed by atoms with Gasteiger partial charge in [-0.25, -0.2) is 0 Å². The summed E-state index contributed by atoms with van der Waals surface area (Å²) in [5.41, 5.74) is 3.05. The molecule has 0 saturated carbocycles. The number of ether oxygens (including phenoxy) is 7. The number of esters is 4. The van der Waals surface area contributed by atoms with E-state index >= 15 is 0 Å². The van der Waals surface area contributed by atoms with E-state index in [1.165, 1.54) is 13.8 Å². The van der Waals surface area contributed by atoms with Gasteiger partial charge in [0, 0.05) is 63.3 Å². The maximum atomic E-state index is 12.2. The Balaban J connectivity index is 1.54. The number of nitrogens with one attached hydrogen (secondary N) is 1. The highest BCUT2D eigenvalue weighted by atomic mass is 32.2. The molecule has 0 aliphatic carbocycles. The molecule has 0 aromatic heterocycles. The Kier molecular flexibility index (Phi) is 15.8. The molecule has 3 N–H and O–H groups in total. The summed E-state index contributed by atoms with van der Waals surface area (Å²) >= 11 is 7.31. The van der Waals surface area contributed by atoms with Gasteiger partial charge in [-0.3, -0.25) is 19.2 Å². The van der Waals surface area contributed by atoms with Crippen LogP contribution in [0.15, 0.2) is 48.5 Å². The van der Waals surface area contributed by atoms with Crippen molar-refractivity contribution >= 4 is 58.5 Å². The molecule has 2 aromatic rings. The number of aliphatic hydroxyl groups is 2. The molecule has 16 heteroatoms. The Hall–Kier alpha value is -3.64. The van der Waals surface area contributed by atoms with Crippen LogP contribution in [0.25, 0.3) is 0 Å². The van der Waals surface area contributed by atoms with E-state index in [1.54, 1.807) is 17.8 Å². The second kappa shape index (κ2) is 20.0. The zero-order valence-corrected chi connectivity index (χ0v) is 31.0. The van der Waals surface area contributed by atoms with Crippen molar-refractivity contribution in [1.29, 1.82) is 0 Å². The number of rotatable bonds is 15. The maximum absolute atomic E-state index is 12.2. The minimum absolute atomic E-state index is 0.0366. The van der Waals surface area contributed by atoms with E-state index in [9.17, 15) is 29.4 Å². The summed E-state index contributed by atoms with van der Waals surface area (Å²) in [6, 6.07) is 14.9. The summed E-state index contributed by atoms with van der Waals surface area (Å²) < 4.78 is 40.7. The fourth-order valence-corrected chi connectivity index (χ4v) is 7.00. The first-order chi connectivity index (χ1) is 24.9. The van der Waals surface area contributed by atoms with E-state index in [1.807, 2.05) is 42.5 Å². The molecule has 0 amide bonds. The van der Waals surface area contributed by atoms with Crippen molar-refractivity contribution < 1.29 is 62.5 Å². The van der Waals surface area contributed by atoms with E-state index in [-0.39, 0.29) is 43.4 Å². The Labute approximate surface area is 311 Å². The number of hydrogen-bond acceptors (Lipinski definition) is 15. The highest BCUT2D eigenvalue weighted by Gasteiger charge is 2.52. The van der Waals surface area contributed by atoms with Gasteiger partial charge in [-0.1, -0.05) is 48.6 Å². The molecule has 2 aliphatic heterocycles. The summed E-state index contributed by atoms with van der Waals surface area (Å²) in [6.07, 6.45) is -6.52. The van der Waals surface area contributed by atoms with Crippen LogP contribution in [0.2, 0.25) is 0 Å². The molecule has 4 rings (SSSR count). The molecule has 1 unspecified atom stereocenters. The monoisotopic (exact) mass is 763 g/mol. The fraction of sp³-hybridized carbons (Fsp3) is 0.528. The number of carbonyl (C=O) groups is 4. The van der Waals surface area contributed by atoms with Crippen molar-refractivity contribution in [3.05, 3.63) is 65.2 Å². The lowest BCUT2D eigenvalue weighted by Crippen LogP contribution is -2.62. The maximum Gasteiger partial charge on any atom is 0.303 e. The third kappa shape index (κ3) is 12.2. The van der Waals surface area contributed by atoms with Gasteiger partial charge in [0.2, 0.25) is 0 Å². The number of aliphatic hydroxyl groups excluding tert-OH is 2. The summed E-state index contributed by atoms with van der Waals surface area (Å²) in [5, 5.41) is 22.0. The lowest BCUT2D eigenvalue weighted by molar-refractivity contribution is -0.251. The summed E-state index contributed by atoms with van der Waals surface area (Å²) in [6.45, 7) is 4.35. The molecule has 14 nitrogen and oxygen atoms in total. The van der Waals surface area contributed by atoms with Crippen molar-refractivity contribution in [1.82, 2.24) is 0 Å². The summed E-state index contributed by atoms with van der Waals surface area (Å²) in [4.78, 5) is 48.4. The lowest BCUT2D eigenvalue weighted by Gasteiger charge is -2.44. The Morgan fingerprint density at radius 1 is 0.827 bits per heavy atom. The molecule has 2 aliphatic rings. The Morgan fingerprint density at radius 3 is 2.10 bits per heavy atom. The molecule has 2 heterocycles. The van der Waals surface area contributed by atoms with Crippen LogP contribution in [-0.2, 0) is 58.9 Å². The van der Waals surface area contributed by atoms with Crippen LogP contribution in [0.3, 0.4) is 0 Å². The number of anilines is 1. The normalized spacial score (nSPS) is 25.7. The first-order valence-electron chi connectivity index (χ1n) is 16.8. The predicted octanol–water partition coefficient (Wildman–Crippen LogP) is 3.70. The van der Waals surface area contributed by atoms with E-state index in [0.717, 1.165) is 25.0 Å². The van der Waals surface area contributed by atoms with E-state index in [4.69, 9.17) is 45.4 Å². The topological polar surface area (TPSA) is 185 Å². The predicted molar refractivity (Wildman–Crippen MR) is 192 cm³/mol. The van der Waals surface area contributed by atoms with Gasteiger partial charge in [-0.05, 0) is 23.3 Å². The average molecular weight is 764 g/mol. The van der Waals surface area contributed by atoms with Gasteiger partial charge in [0.25, 0.3) is 0 Å². The van der Waals surface area contributed by atoms with Crippen LogP contribution in [0.5, 0.6) is 0 Å². The van der Waals surface area contributed by atoms with Crippen LogP contribution in [-0.4, -0.2) is 100 Å². The van der Waals surface area contributed by atoms with Crippen LogP contribution < -0.4 is 5.32 Å². The standard InChI is InChI=1S/C36H45NO13S2/c1-20(40)44-18-31-34(46-22(3)42)35(47-23(4)43)33(45-21(2)41)30(49-31)16-32(51)37-27-7-5-6-26(14-27)36-48-28(19-52-13-12-38)15-29(50-36)25-10-8-24(17-39)9-11-25/h5-11,14,28-31,33-36,38-39H,12-13,15-19H2,1-4H3,(H,37,51)/t28-,29+,30-,31+,33-,34+,35+,36?/m0/s1. The summed E-state index contributed by atoms with van der Waals surface area (Å²) in [7, 11) is 0.